The molecule has 0 bridgehead atoms. The maximum atomic E-state index is 11.7. The highest BCUT2D eigenvalue weighted by atomic mass is 35.5. The Bertz CT molecular complexity index is 623. The van der Waals surface area contributed by atoms with Crippen molar-refractivity contribution < 1.29 is 4.79 Å². The van der Waals surface area contributed by atoms with Crippen molar-refractivity contribution in [3.8, 4) is 5.69 Å². The van der Waals surface area contributed by atoms with Crippen LogP contribution in [0.15, 0.2) is 30.3 Å². The van der Waals surface area contributed by atoms with E-state index in [0.717, 1.165) is 22.6 Å². The highest BCUT2D eigenvalue weighted by molar-refractivity contribution is 5.85. The van der Waals surface area contributed by atoms with E-state index in [4.69, 9.17) is 5.73 Å². The van der Waals surface area contributed by atoms with Crippen LogP contribution >= 0.6 is 12.4 Å². The van der Waals surface area contributed by atoms with Gasteiger partial charge in [-0.25, -0.2) is 4.68 Å². The van der Waals surface area contributed by atoms with Gasteiger partial charge in [-0.1, -0.05) is 18.2 Å². The summed E-state index contributed by atoms with van der Waals surface area (Å²) in [6, 6.07) is 9.84. The van der Waals surface area contributed by atoms with Gasteiger partial charge in [0.25, 0.3) is 0 Å². The van der Waals surface area contributed by atoms with Gasteiger partial charge in [-0.15, -0.1) is 12.4 Å². The number of nitrogens with zero attached hydrogens (tertiary/aromatic N) is 2. The predicted molar refractivity (Wildman–Crippen MR) is 90.4 cm³/mol. The number of halogens is 1. The fourth-order valence-corrected chi connectivity index (χ4v) is 2.30. The number of aryl methyl sites for hydroxylation is 1. The van der Waals surface area contributed by atoms with Crippen molar-refractivity contribution in [3.05, 3.63) is 47.3 Å². The van der Waals surface area contributed by atoms with E-state index < -0.39 is 0 Å². The first-order valence-electron chi connectivity index (χ1n) is 7.12. The van der Waals surface area contributed by atoms with Crippen LogP contribution in [0, 0.1) is 13.8 Å². The standard InChI is InChI=1S/C16H22N4O.ClH/c1-11(17)9-16(21)18-10-15-12(2)19-20(13(15)3)14-7-5-4-6-8-14;/h4-8,11H,9-10,17H2,1-3H3,(H,18,21);1H. The molecule has 0 saturated heterocycles. The Morgan fingerprint density at radius 1 is 1.32 bits per heavy atom. The first kappa shape index (κ1) is 18.2. The second-order valence-electron chi connectivity index (χ2n) is 5.35. The van der Waals surface area contributed by atoms with Gasteiger partial charge in [0.05, 0.1) is 11.4 Å². The van der Waals surface area contributed by atoms with Gasteiger partial charge in [0.1, 0.15) is 0 Å². The van der Waals surface area contributed by atoms with Crippen LogP contribution in [0.2, 0.25) is 0 Å². The monoisotopic (exact) mass is 322 g/mol. The minimum atomic E-state index is -0.126. The number of para-hydroxylation sites is 1. The molecule has 0 radical (unpaired) electrons. The van der Waals surface area contributed by atoms with Crippen molar-refractivity contribution in [1.82, 2.24) is 15.1 Å². The van der Waals surface area contributed by atoms with Crippen LogP contribution in [-0.2, 0) is 11.3 Å². The summed E-state index contributed by atoms with van der Waals surface area (Å²) in [4.78, 5) is 11.7. The maximum absolute atomic E-state index is 11.7. The first-order chi connectivity index (χ1) is 9.99. The average molecular weight is 323 g/mol. The molecule has 120 valence electrons. The van der Waals surface area contributed by atoms with E-state index in [1.165, 1.54) is 0 Å². The molecule has 0 aliphatic carbocycles. The Balaban J connectivity index is 0.00000242. The molecule has 6 heteroatoms. The highest BCUT2D eigenvalue weighted by Gasteiger charge is 2.13. The number of benzene rings is 1. The van der Waals surface area contributed by atoms with Crippen LogP contribution in [0.3, 0.4) is 0 Å². The fourth-order valence-electron chi connectivity index (χ4n) is 2.30. The van der Waals surface area contributed by atoms with Crippen molar-refractivity contribution >= 4 is 18.3 Å². The molecule has 1 atom stereocenters. The van der Waals surface area contributed by atoms with Crippen molar-refractivity contribution in [2.75, 3.05) is 0 Å². The fraction of sp³-hybridized carbons (Fsp3) is 0.375. The molecule has 1 heterocycles. The number of rotatable bonds is 5. The predicted octanol–water partition coefficient (Wildman–Crippen LogP) is 2.26. The molecule has 22 heavy (non-hydrogen) atoms. The number of amides is 1. The van der Waals surface area contributed by atoms with Gasteiger partial charge >= 0.3 is 0 Å². The molecule has 0 aliphatic rings. The highest BCUT2D eigenvalue weighted by Crippen LogP contribution is 2.17. The number of nitrogens with two attached hydrogens (primary N) is 1. The molecule has 1 aromatic carbocycles. The summed E-state index contributed by atoms with van der Waals surface area (Å²) < 4.78 is 1.91. The summed E-state index contributed by atoms with van der Waals surface area (Å²) in [6.07, 6.45) is 0.338. The average Bonchev–Trinajstić information content (AvgIpc) is 2.72. The molecule has 1 aromatic heterocycles. The van der Waals surface area contributed by atoms with Gasteiger partial charge in [-0.2, -0.15) is 5.10 Å². The van der Waals surface area contributed by atoms with Crippen molar-refractivity contribution in [2.45, 2.75) is 39.8 Å². The lowest BCUT2D eigenvalue weighted by Gasteiger charge is -2.08. The van der Waals surface area contributed by atoms with Gasteiger partial charge in [-0.05, 0) is 32.9 Å². The smallest absolute Gasteiger partial charge is 0.221 e. The summed E-state index contributed by atoms with van der Waals surface area (Å²) in [5, 5.41) is 7.46. The number of aromatic nitrogens is 2. The Hall–Kier alpha value is -1.85. The normalized spacial score (nSPS) is 11.6. The molecule has 1 unspecified atom stereocenters. The number of hydrogen-bond donors (Lipinski definition) is 2. The number of hydrogen-bond acceptors (Lipinski definition) is 3. The second-order valence-corrected chi connectivity index (χ2v) is 5.35. The van der Waals surface area contributed by atoms with E-state index in [1.54, 1.807) is 0 Å². The maximum Gasteiger partial charge on any atom is 0.221 e. The number of carbonyl (C=O) groups is 1. The molecular weight excluding hydrogens is 300 g/mol. The minimum absolute atomic E-state index is 0. The van der Waals surface area contributed by atoms with Crippen molar-refractivity contribution in [3.63, 3.8) is 0 Å². The summed E-state index contributed by atoms with van der Waals surface area (Å²) in [6.45, 7) is 6.28. The summed E-state index contributed by atoms with van der Waals surface area (Å²) in [5.41, 5.74) is 9.67. The Labute approximate surface area is 137 Å². The Morgan fingerprint density at radius 3 is 2.55 bits per heavy atom. The largest absolute Gasteiger partial charge is 0.352 e. The molecule has 0 aliphatic heterocycles. The van der Waals surface area contributed by atoms with E-state index in [0.29, 0.717) is 13.0 Å². The lowest BCUT2D eigenvalue weighted by atomic mass is 10.2. The van der Waals surface area contributed by atoms with Crippen LogP contribution < -0.4 is 11.1 Å². The number of carbonyl (C=O) groups excluding carboxylic acids is 1. The zero-order chi connectivity index (χ0) is 15.4. The quantitative estimate of drug-likeness (QED) is 0.887. The third-order valence-electron chi connectivity index (χ3n) is 3.41. The van der Waals surface area contributed by atoms with E-state index >= 15 is 0 Å². The third-order valence-corrected chi connectivity index (χ3v) is 3.41. The van der Waals surface area contributed by atoms with E-state index in [-0.39, 0.29) is 24.4 Å². The lowest BCUT2D eigenvalue weighted by molar-refractivity contribution is -0.121. The molecule has 0 spiro atoms. The zero-order valence-electron chi connectivity index (χ0n) is 13.2. The lowest BCUT2D eigenvalue weighted by Crippen LogP contribution is -2.29. The van der Waals surface area contributed by atoms with Gasteiger partial charge in [0, 0.05) is 30.3 Å². The molecular formula is C16H23ClN4O. The number of nitrogens with one attached hydrogen (secondary N) is 1. The Kier molecular flexibility index (Phi) is 6.59. The molecule has 0 fully saturated rings. The van der Waals surface area contributed by atoms with Crippen LogP contribution in [0.5, 0.6) is 0 Å². The van der Waals surface area contributed by atoms with Crippen molar-refractivity contribution in [1.29, 1.82) is 0 Å². The van der Waals surface area contributed by atoms with E-state index in [1.807, 2.05) is 55.8 Å². The second kappa shape index (κ2) is 7.96. The van der Waals surface area contributed by atoms with E-state index in [2.05, 4.69) is 10.4 Å². The van der Waals surface area contributed by atoms with E-state index in [9.17, 15) is 4.79 Å². The van der Waals surface area contributed by atoms with Crippen LogP contribution in [0.25, 0.3) is 5.69 Å². The van der Waals surface area contributed by atoms with Gasteiger partial charge in [0.2, 0.25) is 5.91 Å². The summed E-state index contributed by atoms with van der Waals surface area (Å²) in [7, 11) is 0. The molecule has 5 nitrogen and oxygen atoms in total. The molecule has 3 N–H and O–H groups in total. The van der Waals surface area contributed by atoms with Crippen LogP contribution in [0.1, 0.15) is 30.3 Å². The van der Waals surface area contributed by atoms with Crippen LogP contribution in [-0.4, -0.2) is 21.7 Å². The first-order valence-corrected chi connectivity index (χ1v) is 7.12. The molecule has 0 saturated carbocycles. The van der Waals surface area contributed by atoms with Gasteiger partial charge < -0.3 is 11.1 Å². The van der Waals surface area contributed by atoms with Gasteiger partial charge in [0.15, 0.2) is 0 Å². The summed E-state index contributed by atoms with van der Waals surface area (Å²) >= 11 is 0. The third kappa shape index (κ3) is 4.32. The molecule has 2 rings (SSSR count). The van der Waals surface area contributed by atoms with Crippen LogP contribution in [0.4, 0.5) is 0 Å². The van der Waals surface area contributed by atoms with Gasteiger partial charge in [-0.3, -0.25) is 4.79 Å². The SMILES string of the molecule is Cc1nn(-c2ccccc2)c(C)c1CNC(=O)CC(C)N.Cl. The topological polar surface area (TPSA) is 72.9 Å². The zero-order valence-corrected chi connectivity index (χ0v) is 14.0. The van der Waals surface area contributed by atoms with Crippen molar-refractivity contribution in [2.24, 2.45) is 5.73 Å². The minimum Gasteiger partial charge on any atom is -0.352 e. The molecule has 2 aromatic rings. The Morgan fingerprint density at radius 2 is 1.95 bits per heavy atom. The molecule has 1 amide bonds. The summed E-state index contributed by atoms with van der Waals surface area (Å²) in [5.74, 6) is -0.0312.